The van der Waals surface area contributed by atoms with Crippen LogP contribution in [0.2, 0.25) is 0 Å². The molecule has 35 heavy (non-hydrogen) atoms. The lowest BCUT2D eigenvalue weighted by Crippen LogP contribution is -2.61. The Balaban J connectivity index is 1.42. The van der Waals surface area contributed by atoms with E-state index in [4.69, 9.17) is 4.55 Å². The van der Waals surface area contributed by atoms with Crippen LogP contribution in [0.5, 0.6) is 0 Å². The molecule has 9 atom stereocenters. The molecule has 4 fully saturated rings. The van der Waals surface area contributed by atoms with Crippen molar-refractivity contribution in [3.63, 3.8) is 0 Å². The van der Waals surface area contributed by atoms with Crippen molar-refractivity contribution >= 4 is 21.8 Å². The third-order valence-electron chi connectivity index (χ3n) is 11.4. The monoisotopic (exact) mass is 511 g/mol. The van der Waals surface area contributed by atoms with Gasteiger partial charge in [-0.2, -0.15) is 8.42 Å². The van der Waals surface area contributed by atoms with Crippen LogP contribution in [-0.4, -0.2) is 48.2 Å². The first kappa shape index (κ1) is 27.1. The molecule has 0 heterocycles. The van der Waals surface area contributed by atoms with Crippen molar-refractivity contribution in [3.05, 3.63) is 0 Å². The van der Waals surface area contributed by atoms with Gasteiger partial charge in [-0.25, -0.2) is 0 Å². The maximum Gasteiger partial charge on any atom is 0.266 e. The molecule has 0 saturated heterocycles. The van der Waals surface area contributed by atoms with E-state index in [1.165, 1.54) is 0 Å². The molecule has 0 aromatic carbocycles. The molecule has 8 heteroatoms. The first-order chi connectivity index (χ1) is 16.2. The molecule has 4 saturated carbocycles. The summed E-state index contributed by atoms with van der Waals surface area (Å²) in [6.45, 7) is 9.19. The third kappa shape index (κ3) is 4.84. The van der Waals surface area contributed by atoms with Gasteiger partial charge in [0.15, 0.2) is 0 Å². The van der Waals surface area contributed by atoms with Crippen LogP contribution >= 0.6 is 0 Å². The Kier molecular flexibility index (Phi) is 7.26. The molecule has 1 amide bonds. The van der Waals surface area contributed by atoms with Crippen LogP contribution < -0.4 is 5.32 Å². The van der Waals surface area contributed by atoms with E-state index in [9.17, 15) is 23.1 Å². The summed E-state index contributed by atoms with van der Waals surface area (Å²) >= 11 is 0. The van der Waals surface area contributed by atoms with E-state index in [2.05, 4.69) is 33.0 Å². The normalized spacial score (nSPS) is 44.2. The smallest absolute Gasteiger partial charge is 0.266 e. The van der Waals surface area contributed by atoms with Crippen molar-refractivity contribution in [1.82, 2.24) is 5.32 Å². The average Bonchev–Trinajstić information content (AvgIpc) is 3.09. The van der Waals surface area contributed by atoms with Crippen molar-refractivity contribution in [2.45, 2.75) is 98.0 Å². The van der Waals surface area contributed by atoms with Gasteiger partial charge >= 0.3 is 0 Å². The number of aliphatic hydroxyl groups excluding tert-OH is 1. The van der Waals surface area contributed by atoms with Crippen molar-refractivity contribution in [2.75, 3.05) is 12.3 Å². The second kappa shape index (κ2) is 9.39. The molecular weight excluding hydrogens is 466 g/mol. The van der Waals surface area contributed by atoms with Gasteiger partial charge in [-0.1, -0.05) is 27.7 Å². The zero-order valence-corrected chi connectivity index (χ0v) is 22.7. The van der Waals surface area contributed by atoms with E-state index >= 15 is 0 Å². The molecule has 0 bridgehead atoms. The number of hydrogen-bond acceptors (Lipinski definition) is 5. The SMILES string of the molecule is C[C@H](CCC(=O)NCCS(=O)(=O)O)C1CCC2C3C(=O)C[C@]4(C)C[C@H](O)CC[C@]4(C)C3CC[C@@]21C. The van der Waals surface area contributed by atoms with Gasteiger partial charge < -0.3 is 10.4 Å². The largest absolute Gasteiger partial charge is 0.393 e. The van der Waals surface area contributed by atoms with Gasteiger partial charge in [0.05, 0.1) is 11.9 Å². The lowest BCUT2D eigenvalue weighted by molar-refractivity contribution is -0.181. The predicted octanol–water partition coefficient (Wildman–Crippen LogP) is 4.00. The molecule has 7 nitrogen and oxygen atoms in total. The Bertz CT molecular complexity index is 951. The van der Waals surface area contributed by atoms with E-state index in [0.29, 0.717) is 42.3 Å². The van der Waals surface area contributed by atoms with Gasteiger partial charge in [0.1, 0.15) is 5.78 Å². The molecule has 0 aromatic heterocycles. The summed E-state index contributed by atoms with van der Waals surface area (Å²) in [6.07, 6.45) is 8.35. The summed E-state index contributed by atoms with van der Waals surface area (Å²) in [5.41, 5.74) is 0.108. The summed E-state index contributed by atoms with van der Waals surface area (Å²) < 4.78 is 30.5. The summed E-state index contributed by atoms with van der Waals surface area (Å²) in [7, 11) is -4.07. The van der Waals surface area contributed by atoms with Crippen molar-refractivity contribution in [1.29, 1.82) is 0 Å². The second-order valence-electron chi connectivity index (χ2n) is 13.1. The zero-order chi connectivity index (χ0) is 25.8. The fraction of sp³-hybridized carbons (Fsp3) is 0.926. The minimum absolute atomic E-state index is 0.0742. The summed E-state index contributed by atoms with van der Waals surface area (Å²) in [5.74, 6) is 1.52. The van der Waals surface area contributed by atoms with Crippen LogP contribution in [0.4, 0.5) is 0 Å². The van der Waals surface area contributed by atoms with Gasteiger partial charge in [-0.05, 0) is 91.3 Å². The number of rotatable bonds is 7. The number of amides is 1. The average molecular weight is 512 g/mol. The maximum absolute atomic E-state index is 13.7. The van der Waals surface area contributed by atoms with E-state index in [1.54, 1.807) is 0 Å². The van der Waals surface area contributed by atoms with Crippen LogP contribution in [0, 0.1) is 45.8 Å². The van der Waals surface area contributed by atoms with E-state index in [1.807, 2.05) is 0 Å². The standard InChI is InChI=1S/C27H45NO6S/c1-17(5-8-23(31)28-13-14-35(32,33)34)19-6-7-20-24-21(10-11-26(19,20)3)27(4)12-9-18(29)15-25(27,2)16-22(24)30/h17-21,24,29H,5-16H2,1-4H3,(H,28,31)(H,32,33,34)/t17-,18-,19?,20?,21?,24?,25+,26-,27-/m1/s1. The molecular formula is C27H45NO6S. The summed E-state index contributed by atoms with van der Waals surface area (Å²) in [4.78, 5) is 25.9. The van der Waals surface area contributed by atoms with Gasteiger partial charge in [-0.15, -0.1) is 0 Å². The number of carbonyl (C=O) groups is 2. The van der Waals surface area contributed by atoms with Crippen LogP contribution in [0.3, 0.4) is 0 Å². The number of ketones is 1. The second-order valence-corrected chi connectivity index (χ2v) is 14.7. The topological polar surface area (TPSA) is 121 Å². The molecule has 0 aliphatic heterocycles. The Labute approximate surface area is 211 Å². The Morgan fingerprint density at radius 3 is 2.51 bits per heavy atom. The first-order valence-corrected chi connectivity index (χ1v) is 15.2. The molecule has 4 aliphatic carbocycles. The van der Waals surface area contributed by atoms with Crippen LogP contribution in [0.1, 0.15) is 91.9 Å². The highest BCUT2D eigenvalue weighted by Crippen LogP contribution is 2.70. The van der Waals surface area contributed by atoms with E-state index in [-0.39, 0.29) is 40.7 Å². The number of fused-ring (bicyclic) bond motifs is 5. The molecule has 0 radical (unpaired) electrons. The zero-order valence-electron chi connectivity index (χ0n) is 21.9. The quantitative estimate of drug-likeness (QED) is 0.444. The lowest BCUT2D eigenvalue weighted by atomic mass is 9.40. The molecule has 4 unspecified atom stereocenters. The highest BCUT2D eigenvalue weighted by Gasteiger charge is 2.66. The summed E-state index contributed by atoms with van der Waals surface area (Å²) in [5, 5.41) is 13.0. The van der Waals surface area contributed by atoms with Gasteiger partial charge in [0.2, 0.25) is 5.91 Å². The Morgan fingerprint density at radius 1 is 1.11 bits per heavy atom. The fourth-order valence-electron chi connectivity index (χ4n) is 9.28. The van der Waals surface area contributed by atoms with Crippen LogP contribution in [-0.2, 0) is 19.7 Å². The highest BCUT2D eigenvalue weighted by atomic mass is 32.2. The van der Waals surface area contributed by atoms with E-state index in [0.717, 1.165) is 51.4 Å². The van der Waals surface area contributed by atoms with E-state index < -0.39 is 15.9 Å². The molecule has 0 spiro atoms. The first-order valence-electron chi connectivity index (χ1n) is 13.6. The third-order valence-corrected chi connectivity index (χ3v) is 12.1. The van der Waals surface area contributed by atoms with Crippen LogP contribution in [0.15, 0.2) is 0 Å². The minimum Gasteiger partial charge on any atom is -0.393 e. The highest BCUT2D eigenvalue weighted by molar-refractivity contribution is 7.85. The molecule has 200 valence electrons. The fourth-order valence-corrected chi connectivity index (χ4v) is 9.64. The molecule has 0 aromatic rings. The Hall–Kier alpha value is -0.990. The Morgan fingerprint density at radius 2 is 1.83 bits per heavy atom. The number of aliphatic hydroxyl groups is 1. The number of hydrogen-bond donors (Lipinski definition) is 3. The molecule has 4 rings (SSSR count). The number of nitrogens with one attached hydrogen (secondary N) is 1. The molecule has 4 aliphatic rings. The molecule has 3 N–H and O–H groups in total. The predicted molar refractivity (Wildman–Crippen MR) is 134 cm³/mol. The van der Waals surface area contributed by atoms with Crippen molar-refractivity contribution < 1.29 is 27.7 Å². The van der Waals surface area contributed by atoms with Gasteiger partial charge in [0, 0.05) is 25.3 Å². The van der Waals surface area contributed by atoms with Crippen LogP contribution in [0.25, 0.3) is 0 Å². The van der Waals surface area contributed by atoms with Crippen molar-refractivity contribution in [3.8, 4) is 0 Å². The number of Topliss-reactive ketones (excluding diaryl/α,β-unsaturated/α-hetero) is 1. The van der Waals surface area contributed by atoms with Gasteiger partial charge in [0.25, 0.3) is 10.1 Å². The maximum atomic E-state index is 13.7. The van der Waals surface area contributed by atoms with Crippen molar-refractivity contribution in [2.24, 2.45) is 45.8 Å². The lowest BCUT2D eigenvalue weighted by Gasteiger charge is -2.64. The minimum atomic E-state index is -4.07. The van der Waals surface area contributed by atoms with Gasteiger partial charge in [-0.3, -0.25) is 14.1 Å². The summed E-state index contributed by atoms with van der Waals surface area (Å²) in [6, 6.07) is 0. The number of carbonyl (C=O) groups excluding carboxylic acids is 2.